The van der Waals surface area contributed by atoms with Crippen LogP contribution in [0.25, 0.3) is 22.4 Å². The summed E-state index contributed by atoms with van der Waals surface area (Å²) in [5.41, 5.74) is 3.90. The Morgan fingerprint density at radius 1 is 0.818 bits per heavy atom. The van der Waals surface area contributed by atoms with E-state index in [1.165, 1.54) is 0 Å². The van der Waals surface area contributed by atoms with Crippen molar-refractivity contribution in [2.45, 2.75) is 0 Å². The van der Waals surface area contributed by atoms with Crippen LogP contribution in [0.1, 0.15) is 0 Å². The first kappa shape index (κ1) is 14.2. The molecule has 0 aliphatic heterocycles. The molecule has 1 heterocycles. The van der Waals surface area contributed by atoms with Gasteiger partial charge in [0, 0.05) is 17.7 Å². The van der Waals surface area contributed by atoms with Gasteiger partial charge in [-0.05, 0) is 11.6 Å². The van der Waals surface area contributed by atoms with Gasteiger partial charge in [0.2, 0.25) is 0 Å². The van der Waals surface area contributed by atoms with E-state index in [0.717, 1.165) is 22.4 Å². The molecule has 0 aliphatic carbocycles. The zero-order valence-electron chi connectivity index (χ0n) is 12.1. The van der Waals surface area contributed by atoms with Gasteiger partial charge in [-0.3, -0.25) is 0 Å². The molecule has 2 aromatic carbocycles. The van der Waals surface area contributed by atoms with E-state index in [2.05, 4.69) is 15.5 Å². The number of nitrogens with zero attached hydrogens (tertiary/aromatic N) is 2. The predicted molar refractivity (Wildman–Crippen MR) is 88.5 cm³/mol. The van der Waals surface area contributed by atoms with Gasteiger partial charge in [-0.15, -0.1) is 10.2 Å². The van der Waals surface area contributed by atoms with E-state index >= 15 is 0 Å². The first-order valence-electron chi connectivity index (χ1n) is 7.22. The van der Waals surface area contributed by atoms with Crippen LogP contribution in [0.15, 0.2) is 66.7 Å². The Hall–Kier alpha value is -2.72. The summed E-state index contributed by atoms with van der Waals surface area (Å²) < 4.78 is 0. The fraction of sp³-hybridized carbons (Fsp3) is 0.111. The number of hydrogen-bond donors (Lipinski definition) is 2. The van der Waals surface area contributed by atoms with Crippen LogP contribution in [0.4, 0.5) is 5.82 Å². The second-order valence-electron chi connectivity index (χ2n) is 4.87. The van der Waals surface area contributed by atoms with Crippen LogP contribution in [-0.2, 0) is 0 Å². The summed E-state index contributed by atoms with van der Waals surface area (Å²) in [6.07, 6.45) is 0. The SMILES string of the molecule is OCCNc1nnc(-c2ccccc2)cc1-c1ccccc1. The molecule has 0 fully saturated rings. The van der Waals surface area contributed by atoms with E-state index < -0.39 is 0 Å². The number of anilines is 1. The van der Waals surface area contributed by atoms with Crippen LogP contribution in [0.2, 0.25) is 0 Å². The first-order chi connectivity index (χ1) is 10.9. The summed E-state index contributed by atoms with van der Waals surface area (Å²) in [5.74, 6) is 0.680. The molecule has 0 saturated carbocycles. The molecule has 0 spiro atoms. The Labute approximate surface area is 129 Å². The van der Waals surface area contributed by atoms with Crippen LogP contribution in [0, 0.1) is 0 Å². The maximum atomic E-state index is 9.01. The highest BCUT2D eigenvalue weighted by atomic mass is 16.3. The van der Waals surface area contributed by atoms with Crippen LogP contribution < -0.4 is 5.32 Å². The molecule has 0 saturated heterocycles. The molecule has 0 aliphatic rings. The maximum absolute atomic E-state index is 9.01. The third-order valence-corrected chi connectivity index (χ3v) is 3.35. The molecule has 4 heteroatoms. The van der Waals surface area contributed by atoms with E-state index in [0.29, 0.717) is 12.4 Å². The average Bonchev–Trinajstić information content (AvgIpc) is 2.61. The van der Waals surface area contributed by atoms with Crippen LogP contribution in [-0.4, -0.2) is 28.5 Å². The largest absolute Gasteiger partial charge is 0.395 e. The zero-order chi connectivity index (χ0) is 15.2. The highest BCUT2D eigenvalue weighted by Gasteiger charge is 2.10. The van der Waals surface area contributed by atoms with Gasteiger partial charge in [0.25, 0.3) is 0 Å². The van der Waals surface area contributed by atoms with Crippen LogP contribution >= 0.6 is 0 Å². The minimum absolute atomic E-state index is 0.0519. The van der Waals surface area contributed by atoms with Crippen molar-refractivity contribution >= 4 is 5.82 Å². The lowest BCUT2D eigenvalue weighted by molar-refractivity contribution is 0.311. The Morgan fingerprint density at radius 2 is 1.45 bits per heavy atom. The molecule has 22 heavy (non-hydrogen) atoms. The number of aromatic nitrogens is 2. The molecule has 0 radical (unpaired) electrons. The van der Waals surface area contributed by atoms with Crippen molar-refractivity contribution in [1.29, 1.82) is 0 Å². The minimum atomic E-state index is 0.0519. The Morgan fingerprint density at radius 3 is 2.09 bits per heavy atom. The summed E-state index contributed by atoms with van der Waals surface area (Å²) in [6.45, 7) is 0.496. The van der Waals surface area contributed by atoms with Gasteiger partial charge in [-0.2, -0.15) is 0 Å². The van der Waals surface area contributed by atoms with Gasteiger partial charge in [-0.1, -0.05) is 60.7 Å². The van der Waals surface area contributed by atoms with Gasteiger partial charge in [-0.25, -0.2) is 0 Å². The zero-order valence-corrected chi connectivity index (χ0v) is 12.1. The normalized spacial score (nSPS) is 10.4. The number of nitrogens with one attached hydrogen (secondary N) is 1. The van der Waals surface area contributed by atoms with E-state index in [4.69, 9.17) is 5.11 Å². The van der Waals surface area contributed by atoms with Crippen molar-refractivity contribution in [3.8, 4) is 22.4 Å². The topological polar surface area (TPSA) is 58.0 Å². The molecule has 110 valence electrons. The molecule has 3 rings (SSSR count). The third kappa shape index (κ3) is 3.13. The highest BCUT2D eigenvalue weighted by Crippen LogP contribution is 2.29. The molecule has 3 aromatic rings. The number of rotatable bonds is 5. The molecule has 1 aromatic heterocycles. The third-order valence-electron chi connectivity index (χ3n) is 3.35. The van der Waals surface area contributed by atoms with Gasteiger partial charge < -0.3 is 10.4 Å². The van der Waals surface area contributed by atoms with Crippen molar-refractivity contribution in [2.24, 2.45) is 0 Å². The molecule has 0 amide bonds. The molecule has 0 unspecified atom stereocenters. The average molecular weight is 291 g/mol. The van der Waals surface area contributed by atoms with Gasteiger partial charge >= 0.3 is 0 Å². The summed E-state index contributed by atoms with van der Waals surface area (Å²) in [7, 11) is 0. The maximum Gasteiger partial charge on any atom is 0.156 e. The van der Waals surface area contributed by atoms with Gasteiger partial charge in [0.1, 0.15) is 0 Å². The summed E-state index contributed by atoms with van der Waals surface area (Å²) in [6, 6.07) is 22.0. The number of hydrogen-bond acceptors (Lipinski definition) is 4. The molecule has 0 bridgehead atoms. The smallest absolute Gasteiger partial charge is 0.156 e. The van der Waals surface area contributed by atoms with Crippen molar-refractivity contribution < 1.29 is 5.11 Å². The Kier molecular flexibility index (Phi) is 4.41. The Balaban J connectivity index is 2.06. The van der Waals surface area contributed by atoms with E-state index in [-0.39, 0.29) is 6.61 Å². The van der Waals surface area contributed by atoms with Crippen LogP contribution in [0.5, 0.6) is 0 Å². The van der Waals surface area contributed by atoms with E-state index in [9.17, 15) is 0 Å². The van der Waals surface area contributed by atoms with E-state index in [1.54, 1.807) is 0 Å². The monoisotopic (exact) mass is 291 g/mol. The lowest BCUT2D eigenvalue weighted by atomic mass is 10.0. The quantitative estimate of drug-likeness (QED) is 0.758. The second kappa shape index (κ2) is 6.83. The number of aliphatic hydroxyl groups is 1. The fourth-order valence-corrected chi connectivity index (χ4v) is 2.28. The molecular weight excluding hydrogens is 274 g/mol. The van der Waals surface area contributed by atoms with E-state index in [1.807, 2.05) is 66.7 Å². The van der Waals surface area contributed by atoms with Crippen molar-refractivity contribution in [2.75, 3.05) is 18.5 Å². The summed E-state index contributed by atoms with van der Waals surface area (Å²) in [4.78, 5) is 0. The lowest BCUT2D eigenvalue weighted by Gasteiger charge is -2.11. The van der Waals surface area contributed by atoms with Crippen molar-refractivity contribution in [1.82, 2.24) is 10.2 Å². The van der Waals surface area contributed by atoms with Crippen molar-refractivity contribution in [3.63, 3.8) is 0 Å². The molecule has 2 N–H and O–H groups in total. The number of aliphatic hydroxyl groups excluding tert-OH is 1. The number of benzene rings is 2. The first-order valence-corrected chi connectivity index (χ1v) is 7.22. The van der Waals surface area contributed by atoms with Crippen molar-refractivity contribution in [3.05, 3.63) is 66.7 Å². The fourth-order valence-electron chi connectivity index (χ4n) is 2.28. The second-order valence-corrected chi connectivity index (χ2v) is 4.87. The molecule has 4 nitrogen and oxygen atoms in total. The highest BCUT2D eigenvalue weighted by molar-refractivity contribution is 5.78. The van der Waals surface area contributed by atoms with Crippen LogP contribution in [0.3, 0.4) is 0 Å². The van der Waals surface area contributed by atoms with Gasteiger partial charge in [0.05, 0.1) is 12.3 Å². The van der Waals surface area contributed by atoms with Gasteiger partial charge in [0.15, 0.2) is 5.82 Å². The summed E-state index contributed by atoms with van der Waals surface area (Å²) >= 11 is 0. The molecule has 0 atom stereocenters. The minimum Gasteiger partial charge on any atom is -0.395 e. The predicted octanol–water partition coefficient (Wildman–Crippen LogP) is 3.21. The molecular formula is C18H17N3O. The Bertz CT molecular complexity index is 730. The lowest BCUT2D eigenvalue weighted by Crippen LogP contribution is -2.09. The standard InChI is InChI=1S/C18H17N3O/c22-12-11-19-18-16(14-7-3-1-4-8-14)13-17(20-21-18)15-9-5-2-6-10-15/h1-10,13,22H,11-12H2,(H,19,21). The summed E-state index contributed by atoms with van der Waals surface area (Å²) in [5, 5.41) is 20.7.